The minimum absolute atomic E-state index is 0. The monoisotopic (exact) mass is 484 g/mol. The number of hydrogen-bond donors (Lipinski definition) is 1. The van der Waals surface area contributed by atoms with E-state index in [1.54, 1.807) is 6.26 Å². The molecule has 0 saturated carbocycles. The zero-order chi connectivity index (χ0) is 24.8. The number of benzene rings is 2. The molecule has 7 heteroatoms. The molecule has 0 bridgehead atoms. The van der Waals surface area contributed by atoms with E-state index in [-0.39, 0.29) is 31.9 Å². The number of hydrogen-bond acceptors (Lipinski definition) is 7. The van der Waals surface area contributed by atoms with Gasteiger partial charge < -0.3 is 23.7 Å². The van der Waals surface area contributed by atoms with E-state index < -0.39 is 0 Å². The topological polar surface area (TPSA) is 95.2 Å². The molecule has 7 nitrogen and oxygen atoms in total. The normalized spacial score (nSPS) is 13.8. The van der Waals surface area contributed by atoms with Crippen molar-refractivity contribution in [2.75, 3.05) is 27.9 Å². The summed E-state index contributed by atoms with van der Waals surface area (Å²) in [6.45, 7) is 0.817. The lowest BCUT2D eigenvalue weighted by Gasteiger charge is -2.14. The summed E-state index contributed by atoms with van der Waals surface area (Å²) in [7, 11) is 3.80. The van der Waals surface area contributed by atoms with Crippen molar-refractivity contribution in [3.63, 3.8) is 0 Å². The van der Waals surface area contributed by atoms with Crippen LogP contribution in [-0.4, -0.2) is 45.0 Å². The highest BCUT2D eigenvalue weighted by Gasteiger charge is 2.21. The van der Waals surface area contributed by atoms with Crippen molar-refractivity contribution in [1.82, 2.24) is 0 Å². The van der Waals surface area contributed by atoms with Crippen molar-refractivity contribution in [1.29, 1.82) is 0 Å². The minimum Gasteiger partial charge on any atom is -0.469 e. The first-order valence-corrected chi connectivity index (χ1v) is 11.0. The van der Waals surface area contributed by atoms with Crippen LogP contribution in [0.4, 0.5) is 0 Å². The Labute approximate surface area is 207 Å². The summed E-state index contributed by atoms with van der Waals surface area (Å²) in [6.07, 6.45) is 4.49. The average Bonchev–Trinajstić information content (AvgIpc) is 3.61. The maximum atomic E-state index is 11.3. The number of carbonyl (C=O) groups is 2. The van der Waals surface area contributed by atoms with E-state index in [1.165, 1.54) is 14.2 Å². The van der Waals surface area contributed by atoms with Crippen molar-refractivity contribution < 1.29 is 33.3 Å². The number of aliphatic hydroxyl groups is 1. The highest BCUT2D eigenvalue weighted by atomic mass is 16.5. The van der Waals surface area contributed by atoms with Crippen LogP contribution in [0.25, 0.3) is 11.3 Å². The van der Waals surface area contributed by atoms with Crippen molar-refractivity contribution in [2.24, 2.45) is 0 Å². The SMILES string of the molecule is C.CO.COC(=O)Cc1ccccc1-c1ccco1.COC(=O)Cc1ccccc1C1CCCO1. The Balaban J connectivity index is 0.000000318. The molecule has 190 valence electrons. The third-order valence-electron chi connectivity index (χ3n) is 5.26. The number of methoxy groups -OCH3 is 2. The first-order chi connectivity index (χ1) is 16.6. The van der Waals surface area contributed by atoms with Crippen molar-refractivity contribution >= 4 is 11.9 Å². The Bertz CT molecular complexity index is 1010. The Kier molecular flexibility index (Phi) is 13.7. The minimum atomic E-state index is -0.251. The second-order valence-electron chi connectivity index (χ2n) is 7.34. The molecule has 2 aromatic carbocycles. The molecule has 1 aromatic heterocycles. The van der Waals surface area contributed by atoms with Gasteiger partial charge >= 0.3 is 11.9 Å². The van der Waals surface area contributed by atoms with Crippen molar-refractivity contribution in [3.8, 4) is 11.3 Å². The standard InChI is InChI=1S/C13H16O3.C13H12O3.CH4O.CH4/c2*1-15-13(14)9-10-5-2-3-6-11(10)12-7-4-8-16-12;1-2;/h2-3,5-6,12H,4,7-9H2,1H3;2-8H,9H2,1H3;2H,1H3;1H4. The van der Waals surface area contributed by atoms with Gasteiger partial charge in [0.05, 0.1) is 39.4 Å². The van der Waals surface area contributed by atoms with E-state index in [2.05, 4.69) is 4.74 Å². The summed E-state index contributed by atoms with van der Waals surface area (Å²) in [5.41, 5.74) is 3.98. The van der Waals surface area contributed by atoms with Crippen LogP contribution in [0.3, 0.4) is 0 Å². The number of carbonyl (C=O) groups excluding carboxylic acids is 2. The van der Waals surface area contributed by atoms with Gasteiger partial charge in [-0.05, 0) is 41.7 Å². The third kappa shape index (κ3) is 9.03. The predicted molar refractivity (Wildman–Crippen MR) is 135 cm³/mol. The average molecular weight is 485 g/mol. The van der Waals surface area contributed by atoms with Gasteiger partial charge in [-0.1, -0.05) is 56.0 Å². The molecule has 1 aliphatic heterocycles. The van der Waals surface area contributed by atoms with E-state index in [1.807, 2.05) is 60.7 Å². The number of esters is 2. The summed E-state index contributed by atoms with van der Waals surface area (Å²) < 4.78 is 20.3. The van der Waals surface area contributed by atoms with Crippen LogP contribution in [0, 0.1) is 0 Å². The van der Waals surface area contributed by atoms with Gasteiger partial charge in [-0.3, -0.25) is 9.59 Å². The van der Waals surface area contributed by atoms with Crippen LogP contribution in [0.1, 0.15) is 43.1 Å². The number of aliphatic hydroxyl groups excluding tert-OH is 1. The maximum Gasteiger partial charge on any atom is 0.310 e. The molecular formula is C28H36O7. The van der Waals surface area contributed by atoms with Crippen molar-refractivity contribution in [3.05, 3.63) is 83.6 Å². The molecule has 3 aromatic rings. The molecule has 0 amide bonds. The molecule has 1 atom stereocenters. The van der Waals surface area contributed by atoms with Gasteiger partial charge in [0.25, 0.3) is 0 Å². The molecule has 35 heavy (non-hydrogen) atoms. The van der Waals surface area contributed by atoms with Gasteiger partial charge in [-0.25, -0.2) is 0 Å². The lowest BCUT2D eigenvalue weighted by atomic mass is 9.98. The molecule has 2 heterocycles. The quantitative estimate of drug-likeness (QED) is 0.483. The van der Waals surface area contributed by atoms with Gasteiger partial charge in [0, 0.05) is 19.3 Å². The van der Waals surface area contributed by atoms with Crippen LogP contribution < -0.4 is 0 Å². The van der Waals surface area contributed by atoms with Gasteiger partial charge in [0.15, 0.2) is 0 Å². The second-order valence-corrected chi connectivity index (χ2v) is 7.34. The largest absolute Gasteiger partial charge is 0.469 e. The number of furan rings is 1. The zero-order valence-corrected chi connectivity index (χ0v) is 19.9. The Morgan fingerprint density at radius 2 is 1.49 bits per heavy atom. The van der Waals surface area contributed by atoms with Crippen LogP contribution in [0.15, 0.2) is 71.3 Å². The highest BCUT2D eigenvalue weighted by molar-refractivity contribution is 5.76. The molecule has 1 fully saturated rings. The summed E-state index contributed by atoms with van der Waals surface area (Å²) in [6, 6.07) is 19.3. The molecule has 0 radical (unpaired) electrons. The van der Waals surface area contributed by atoms with E-state index in [0.717, 1.165) is 54.6 Å². The summed E-state index contributed by atoms with van der Waals surface area (Å²) in [5, 5.41) is 7.00. The fourth-order valence-electron chi connectivity index (χ4n) is 3.63. The Morgan fingerprint density at radius 3 is 2.06 bits per heavy atom. The molecule has 1 aliphatic rings. The van der Waals surface area contributed by atoms with Gasteiger partial charge in [0.2, 0.25) is 0 Å². The molecule has 0 aliphatic carbocycles. The third-order valence-corrected chi connectivity index (χ3v) is 5.26. The highest BCUT2D eigenvalue weighted by Crippen LogP contribution is 2.31. The molecule has 1 unspecified atom stereocenters. The van der Waals surface area contributed by atoms with E-state index in [4.69, 9.17) is 19.0 Å². The van der Waals surface area contributed by atoms with E-state index in [0.29, 0.717) is 6.42 Å². The predicted octanol–water partition coefficient (Wildman–Crippen LogP) is 5.16. The van der Waals surface area contributed by atoms with E-state index >= 15 is 0 Å². The maximum absolute atomic E-state index is 11.3. The van der Waals surface area contributed by atoms with Gasteiger partial charge in [0.1, 0.15) is 5.76 Å². The summed E-state index contributed by atoms with van der Waals surface area (Å²) in [4.78, 5) is 22.5. The molecular weight excluding hydrogens is 448 g/mol. The van der Waals surface area contributed by atoms with Crippen LogP contribution >= 0.6 is 0 Å². The van der Waals surface area contributed by atoms with Gasteiger partial charge in [-0.15, -0.1) is 0 Å². The number of rotatable bonds is 6. The molecule has 1 saturated heterocycles. The second kappa shape index (κ2) is 16.2. The first-order valence-electron chi connectivity index (χ1n) is 11.0. The van der Waals surface area contributed by atoms with Gasteiger partial charge in [-0.2, -0.15) is 0 Å². The Morgan fingerprint density at radius 1 is 0.886 bits per heavy atom. The van der Waals surface area contributed by atoms with Crippen LogP contribution in [0.2, 0.25) is 0 Å². The Hall–Kier alpha value is -3.42. The number of ether oxygens (including phenoxy) is 3. The fourth-order valence-corrected chi connectivity index (χ4v) is 3.63. The molecule has 4 rings (SSSR count). The van der Waals surface area contributed by atoms with Crippen molar-refractivity contribution in [2.45, 2.75) is 39.2 Å². The molecule has 0 spiro atoms. The summed E-state index contributed by atoms with van der Waals surface area (Å²) >= 11 is 0. The summed E-state index contributed by atoms with van der Waals surface area (Å²) in [5.74, 6) is 0.309. The lowest BCUT2D eigenvalue weighted by molar-refractivity contribution is -0.140. The lowest BCUT2D eigenvalue weighted by Crippen LogP contribution is -2.08. The first kappa shape index (κ1) is 29.6. The molecule has 1 N–H and O–H groups in total. The smallest absolute Gasteiger partial charge is 0.310 e. The fraction of sp³-hybridized carbons (Fsp3) is 0.357. The van der Waals surface area contributed by atoms with E-state index in [9.17, 15) is 9.59 Å². The zero-order valence-electron chi connectivity index (χ0n) is 19.9. The van der Waals surface area contributed by atoms with Crippen LogP contribution in [-0.2, 0) is 36.6 Å². The van der Waals surface area contributed by atoms with Crippen LogP contribution in [0.5, 0.6) is 0 Å².